The molecule has 0 bridgehead atoms. The lowest BCUT2D eigenvalue weighted by Gasteiger charge is -2.33. The van der Waals surface area contributed by atoms with Crippen molar-refractivity contribution in [1.82, 2.24) is 10.2 Å². The number of nitrogens with one attached hydrogen (secondary N) is 1. The minimum Gasteiger partial charge on any atom is -0.317 e. The topological polar surface area (TPSA) is 15.3 Å². The van der Waals surface area contributed by atoms with Crippen LogP contribution in [0, 0.1) is 5.92 Å². The molecule has 2 atom stereocenters. The summed E-state index contributed by atoms with van der Waals surface area (Å²) in [5.41, 5.74) is 3.20. The van der Waals surface area contributed by atoms with E-state index in [4.69, 9.17) is 0 Å². The van der Waals surface area contributed by atoms with E-state index >= 15 is 0 Å². The molecule has 0 saturated carbocycles. The largest absolute Gasteiger partial charge is 0.317 e. The summed E-state index contributed by atoms with van der Waals surface area (Å²) in [6.07, 6.45) is 5.36. The lowest BCUT2D eigenvalue weighted by atomic mass is 9.87. The molecule has 0 radical (unpaired) electrons. The summed E-state index contributed by atoms with van der Waals surface area (Å²) in [6, 6.07) is 9.78. The van der Waals surface area contributed by atoms with E-state index in [0.29, 0.717) is 6.04 Å². The second kappa shape index (κ2) is 6.06. The third kappa shape index (κ3) is 2.85. The molecule has 2 aliphatic rings. The van der Waals surface area contributed by atoms with Gasteiger partial charge in [-0.1, -0.05) is 31.2 Å². The normalized spacial score (nSPS) is 27.4. The number of hydrogen-bond donors (Lipinski definition) is 1. The molecule has 0 spiro atoms. The number of rotatable bonds is 4. The Balaban J connectivity index is 1.68. The number of fused-ring (bicyclic) bond motifs is 1. The first-order valence-electron chi connectivity index (χ1n) is 7.91. The van der Waals surface area contributed by atoms with Gasteiger partial charge in [-0.15, -0.1) is 0 Å². The Morgan fingerprint density at radius 2 is 2.16 bits per heavy atom. The second-order valence-electron chi connectivity index (χ2n) is 6.06. The molecule has 1 aliphatic carbocycles. The van der Waals surface area contributed by atoms with Crippen molar-refractivity contribution in [2.75, 3.05) is 26.2 Å². The minimum absolute atomic E-state index is 0.691. The molecule has 2 nitrogen and oxygen atoms in total. The van der Waals surface area contributed by atoms with Gasteiger partial charge in [0.15, 0.2) is 0 Å². The van der Waals surface area contributed by atoms with Crippen LogP contribution in [-0.4, -0.2) is 31.1 Å². The molecular formula is C17H26N2. The van der Waals surface area contributed by atoms with E-state index in [-0.39, 0.29) is 0 Å². The van der Waals surface area contributed by atoms with Crippen LogP contribution in [0.15, 0.2) is 24.3 Å². The maximum atomic E-state index is 3.51. The van der Waals surface area contributed by atoms with E-state index in [1.807, 2.05) is 0 Å². The van der Waals surface area contributed by atoms with Gasteiger partial charge >= 0.3 is 0 Å². The fourth-order valence-corrected chi connectivity index (χ4v) is 3.77. The number of aryl methyl sites for hydroxylation is 1. The number of nitrogens with zero attached hydrogens (tertiary/aromatic N) is 1. The van der Waals surface area contributed by atoms with E-state index in [9.17, 15) is 0 Å². The molecule has 104 valence electrons. The van der Waals surface area contributed by atoms with E-state index < -0.39 is 0 Å². The molecule has 1 fully saturated rings. The first kappa shape index (κ1) is 13.1. The average Bonchev–Trinajstić information content (AvgIpc) is 2.93. The molecular weight excluding hydrogens is 232 g/mol. The second-order valence-corrected chi connectivity index (χ2v) is 6.06. The van der Waals surface area contributed by atoms with E-state index in [1.165, 1.54) is 45.3 Å². The highest BCUT2D eigenvalue weighted by molar-refractivity contribution is 5.32. The molecule has 2 unspecified atom stereocenters. The number of likely N-dealkylation sites (tertiary alicyclic amines) is 1. The Bertz CT molecular complexity index is 415. The highest BCUT2D eigenvalue weighted by Crippen LogP contribution is 2.36. The Hall–Kier alpha value is -0.860. The Kier molecular flexibility index (Phi) is 4.19. The predicted octanol–water partition coefficient (Wildman–Crippen LogP) is 3.00. The van der Waals surface area contributed by atoms with Crippen molar-refractivity contribution < 1.29 is 0 Å². The standard InChI is InChI=1S/C17H26N2/c1-2-18-12-14-10-11-19(13-14)17-9-5-7-15-6-3-4-8-16(15)17/h3-4,6,8,14,17-18H,2,5,7,9-13H2,1H3. The van der Waals surface area contributed by atoms with Crippen LogP contribution < -0.4 is 5.32 Å². The lowest BCUT2D eigenvalue weighted by Crippen LogP contribution is -2.31. The third-order valence-corrected chi connectivity index (χ3v) is 4.78. The maximum Gasteiger partial charge on any atom is 0.0351 e. The van der Waals surface area contributed by atoms with Crippen LogP contribution in [0.2, 0.25) is 0 Å². The summed E-state index contributed by atoms with van der Waals surface area (Å²) in [5, 5.41) is 3.51. The molecule has 1 aliphatic heterocycles. The zero-order chi connectivity index (χ0) is 13.1. The van der Waals surface area contributed by atoms with Gasteiger partial charge in [0.05, 0.1) is 0 Å². The highest BCUT2D eigenvalue weighted by Gasteiger charge is 2.31. The van der Waals surface area contributed by atoms with Gasteiger partial charge in [0.25, 0.3) is 0 Å². The molecule has 0 aromatic heterocycles. The van der Waals surface area contributed by atoms with Crippen LogP contribution in [-0.2, 0) is 6.42 Å². The Morgan fingerprint density at radius 3 is 3.05 bits per heavy atom. The smallest absolute Gasteiger partial charge is 0.0351 e. The van der Waals surface area contributed by atoms with Crippen LogP contribution in [0.4, 0.5) is 0 Å². The summed E-state index contributed by atoms with van der Waals surface area (Å²) < 4.78 is 0. The molecule has 3 rings (SSSR count). The van der Waals surface area contributed by atoms with Gasteiger partial charge in [0, 0.05) is 12.6 Å². The van der Waals surface area contributed by atoms with Crippen LogP contribution in [0.5, 0.6) is 0 Å². The molecule has 1 heterocycles. The molecule has 2 heteroatoms. The van der Waals surface area contributed by atoms with Crippen molar-refractivity contribution in [2.24, 2.45) is 5.92 Å². The van der Waals surface area contributed by atoms with Crippen molar-refractivity contribution in [3.05, 3.63) is 35.4 Å². The quantitative estimate of drug-likeness (QED) is 0.893. The van der Waals surface area contributed by atoms with Crippen LogP contribution in [0.3, 0.4) is 0 Å². The molecule has 1 saturated heterocycles. The van der Waals surface area contributed by atoms with Crippen LogP contribution >= 0.6 is 0 Å². The summed E-state index contributed by atoms with van der Waals surface area (Å²) in [4.78, 5) is 2.74. The van der Waals surface area contributed by atoms with Crippen molar-refractivity contribution >= 4 is 0 Å². The number of benzene rings is 1. The van der Waals surface area contributed by atoms with Gasteiger partial charge in [-0.2, -0.15) is 0 Å². The summed E-state index contributed by atoms with van der Waals surface area (Å²) in [7, 11) is 0. The molecule has 1 aromatic rings. The molecule has 1 aromatic carbocycles. The summed E-state index contributed by atoms with van der Waals surface area (Å²) in [5.74, 6) is 0.856. The first-order chi connectivity index (χ1) is 9.38. The highest BCUT2D eigenvalue weighted by atomic mass is 15.2. The number of hydrogen-bond acceptors (Lipinski definition) is 2. The fourth-order valence-electron chi connectivity index (χ4n) is 3.77. The minimum atomic E-state index is 0.691. The average molecular weight is 258 g/mol. The van der Waals surface area contributed by atoms with Crippen LogP contribution in [0.1, 0.15) is 43.4 Å². The van der Waals surface area contributed by atoms with Gasteiger partial charge in [-0.3, -0.25) is 4.90 Å². The van der Waals surface area contributed by atoms with E-state index in [0.717, 1.165) is 12.5 Å². The van der Waals surface area contributed by atoms with Gasteiger partial charge in [0.2, 0.25) is 0 Å². The molecule has 1 N–H and O–H groups in total. The van der Waals surface area contributed by atoms with Crippen molar-refractivity contribution in [1.29, 1.82) is 0 Å². The zero-order valence-corrected chi connectivity index (χ0v) is 12.1. The van der Waals surface area contributed by atoms with Crippen molar-refractivity contribution in [3.8, 4) is 0 Å². The van der Waals surface area contributed by atoms with Gasteiger partial charge in [-0.25, -0.2) is 0 Å². The lowest BCUT2D eigenvalue weighted by molar-refractivity contribution is 0.213. The van der Waals surface area contributed by atoms with Crippen molar-refractivity contribution in [3.63, 3.8) is 0 Å². The van der Waals surface area contributed by atoms with E-state index in [2.05, 4.69) is 41.4 Å². The Morgan fingerprint density at radius 1 is 1.26 bits per heavy atom. The first-order valence-corrected chi connectivity index (χ1v) is 7.91. The monoisotopic (exact) mass is 258 g/mol. The van der Waals surface area contributed by atoms with Gasteiger partial charge in [0.1, 0.15) is 0 Å². The SMILES string of the molecule is CCNCC1CCN(C2CCCc3ccccc32)C1. The fraction of sp³-hybridized carbons (Fsp3) is 0.647. The molecule has 0 amide bonds. The summed E-state index contributed by atoms with van der Waals surface area (Å²) in [6.45, 7) is 7.06. The maximum absolute atomic E-state index is 3.51. The van der Waals surface area contributed by atoms with Gasteiger partial charge < -0.3 is 5.32 Å². The summed E-state index contributed by atoms with van der Waals surface area (Å²) >= 11 is 0. The zero-order valence-electron chi connectivity index (χ0n) is 12.1. The third-order valence-electron chi connectivity index (χ3n) is 4.78. The van der Waals surface area contributed by atoms with Crippen LogP contribution in [0.25, 0.3) is 0 Å². The van der Waals surface area contributed by atoms with Crippen molar-refractivity contribution in [2.45, 2.75) is 38.6 Å². The van der Waals surface area contributed by atoms with Gasteiger partial charge in [-0.05, 0) is 62.4 Å². The van der Waals surface area contributed by atoms with E-state index in [1.54, 1.807) is 11.1 Å². The predicted molar refractivity (Wildman–Crippen MR) is 80.3 cm³/mol. The molecule has 19 heavy (non-hydrogen) atoms. The Labute approximate surface area is 117 Å².